The lowest BCUT2D eigenvalue weighted by Crippen LogP contribution is -2.00. The molecule has 0 fully saturated rings. The number of rotatable bonds is 2. The van der Waals surface area contributed by atoms with Gasteiger partial charge in [0.2, 0.25) is 0 Å². The summed E-state index contributed by atoms with van der Waals surface area (Å²) in [5, 5.41) is 0. The van der Waals surface area contributed by atoms with E-state index in [9.17, 15) is 13.0 Å². The van der Waals surface area contributed by atoms with Crippen molar-refractivity contribution in [2.24, 2.45) is 5.73 Å². The minimum Gasteiger partial charge on any atom is -0.744 e. The third kappa shape index (κ3) is 2.04. The van der Waals surface area contributed by atoms with Crippen molar-refractivity contribution >= 4 is 10.1 Å². The lowest BCUT2D eigenvalue weighted by molar-refractivity contribution is 0.463. The molecular weight excluding hydrogens is 178 g/mol. The largest absolute Gasteiger partial charge is 0.744 e. The molecule has 0 heterocycles. The standard InChI is InChI=1S/C7H9NO3S/c8-5-6-1-3-7(4-2-6)12(9,10)11/h1-4H,5,8H2,(H,9,10,11)/p-1. The van der Waals surface area contributed by atoms with Crippen LogP contribution in [0.4, 0.5) is 0 Å². The summed E-state index contributed by atoms with van der Waals surface area (Å²) < 4.78 is 31.3. The van der Waals surface area contributed by atoms with Crippen molar-refractivity contribution in [3.8, 4) is 0 Å². The summed E-state index contributed by atoms with van der Waals surface area (Å²) >= 11 is 0. The lowest BCUT2D eigenvalue weighted by Gasteiger charge is -2.06. The highest BCUT2D eigenvalue weighted by molar-refractivity contribution is 7.85. The Morgan fingerprint density at radius 3 is 2.08 bits per heavy atom. The molecule has 0 bridgehead atoms. The second-order valence-electron chi connectivity index (χ2n) is 2.30. The monoisotopic (exact) mass is 186 g/mol. The fourth-order valence-corrected chi connectivity index (χ4v) is 1.26. The van der Waals surface area contributed by atoms with Crippen LogP contribution in [0.1, 0.15) is 5.56 Å². The molecular formula is C7H8NO3S-. The van der Waals surface area contributed by atoms with Gasteiger partial charge in [0.15, 0.2) is 0 Å². The molecule has 12 heavy (non-hydrogen) atoms. The normalized spacial score (nSPS) is 11.5. The topological polar surface area (TPSA) is 83.2 Å². The highest BCUT2D eigenvalue weighted by Crippen LogP contribution is 2.08. The molecule has 0 aliphatic heterocycles. The first-order chi connectivity index (χ1) is 5.54. The summed E-state index contributed by atoms with van der Waals surface area (Å²) in [6.07, 6.45) is 0. The molecule has 5 heteroatoms. The van der Waals surface area contributed by atoms with E-state index >= 15 is 0 Å². The lowest BCUT2D eigenvalue weighted by atomic mass is 10.2. The molecule has 0 aromatic heterocycles. The maximum Gasteiger partial charge on any atom is 0.124 e. The van der Waals surface area contributed by atoms with Gasteiger partial charge in [-0.25, -0.2) is 8.42 Å². The minimum absolute atomic E-state index is 0.222. The maximum absolute atomic E-state index is 10.4. The van der Waals surface area contributed by atoms with Crippen molar-refractivity contribution in [1.82, 2.24) is 0 Å². The number of benzene rings is 1. The van der Waals surface area contributed by atoms with Crippen LogP contribution in [0.5, 0.6) is 0 Å². The van der Waals surface area contributed by atoms with Gasteiger partial charge < -0.3 is 10.3 Å². The van der Waals surface area contributed by atoms with Gasteiger partial charge in [0.05, 0.1) is 4.90 Å². The van der Waals surface area contributed by atoms with E-state index in [2.05, 4.69) is 0 Å². The Balaban J connectivity index is 3.09. The van der Waals surface area contributed by atoms with E-state index in [-0.39, 0.29) is 4.90 Å². The van der Waals surface area contributed by atoms with Gasteiger partial charge in [0.25, 0.3) is 0 Å². The van der Waals surface area contributed by atoms with Gasteiger partial charge in [-0.3, -0.25) is 0 Å². The third-order valence-electron chi connectivity index (χ3n) is 1.45. The van der Waals surface area contributed by atoms with Gasteiger partial charge in [0, 0.05) is 6.54 Å². The molecule has 1 rings (SSSR count). The molecule has 0 amide bonds. The van der Waals surface area contributed by atoms with Gasteiger partial charge in [-0.15, -0.1) is 0 Å². The molecule has 0 aliphatic carbocycles. The third-order valence-corrected chi connectivity index (χ3v) is 2.30. The summed E-state index contributed by atoms with van der Waals surface area (Å²) in [7, 11) is -4.32. The predicted molar refractivity (Wildman–Crippen MR) is 42.3 cm³/mol. The molecule has 0 aliphatic rings. The van der Waals surface area contributed by atoms with Crippen molar-refractivity contribution in [2.45, 2.75) is 11.4 Å². The highest BCUT2D eigenvalue weighted by Gasteiger charge is 1.99. The Bertz CT molecular complexity index is 355. The zero-order valence-corrected chi connectivity index (χ0v) is 7.04. The van der Waals surface area contributed by atoms with Crippen LogP contribution in [0, 0.1) is 0 Å². The van der Waals surface area contributed by atoms with Crippen molar-refractivity contribution in [3.63, 3.8) is 0 Å². The number of nitrogens with two attached hydrogens (primary N) is 1. The minimum atomic E-state index is -4.32. The van der Waals surface area contributed by atoms with Crippen LogP contribution in [-0.2, 0) is 16.7 Å². The average Bonchev–Trinajstić information content (AvgIpc) is 2.03. The Morgan fingerprint density at radius 1 is 1.25 bits per heavy atom. The number of hydrogen-bond donors (Lipinski definition) is 1. The smallest absolute Gasteiger partial charge is 0.124 e. The van der Waals surface area contributed by atoms with Crippen LogP contribution in [0.25, 0.3) is 0 Å². The van der Waals surface area contributed by atoms with Gasteiger partial charge >= 0.3 is 0 Å². The Hall–Kier alpha value is -0.910. The Kier molecular flexibility index (Phi) is 2.46. The molecule has 0 saturated carbocycles. The predicted octanol–water partition coefficient (Wildman–Crippen LogP) is 0.0494. The second kappa shape index (κ2) is 3.22. The van der Waals surface area contributed by atoms with Crippen molar-refractivity contribution in [3.05, 3.63) is 29.8 Å². The van der Waals surface area contributed by atoms with E-state index in [1.54, 1.807) is 0 Å². The quantitative estimate of drug-likeness (QED) is 0.661. The average molecular weight is 186 g/mol. The first-order valence-corrected chi connectivity index (χ1v) is 4.70. The fourth-order valence-electron chi connectivity index (χ4n) is 0.792. The molecule has 4 nitrogen and oxygen atoms in total. The van der Waals surface area contributed by atoms with E-state index in [1.807, 2.05) is 0 Å². The first-order valence-electron chi connectivity index (χ1n) is 3.29. The van der Waals surface area contributed by atoms with Crippen LogP contribution in [0.3, 0.4) is 0 Å². The van der Waals surface area contributed by atoms with Crippen LogP contribution in [-0.4, -0.2) is 13.0 Å². The summed E-state index contributed by atoms with van der Waals surface area (Å²) in [6.45, 7) is 0.333. The molecule has 1 aromatic carbocycles. The summed E-state index contributed by atoms with van der Waals surface area (Å²) in [5.74, 6) is 0. The molecule has 0 radical (unpaired) electrons. The summed E-state index contributed by atoms with van der Waals surface area (Å²) in [4.78, 5) is -0.222. The zero-order chi connectivity index (χ0) is 9.19. The van der Waals surface area contributed by atoms with Crippen LogP contribution >= 0.6 is 0 Å². The van der Waals surface area contributed by atoms with Crippen LogP contribution in [0.15, 0.2) is 29.2 Å². The summed E-state index contributed by atoms with van der Waals surface area (Å²) in [6, 6.07) is 5.55. The maximum atomic E-state index is 10.4. The molecule has 0 unspecified atom stereocenters. The van der Waals surface area contributed by atoms with E-state index in [0.29, 0.717) is 6.54 Å². The Labute approximate surface area is 70.8 Å². The molecule has 0 atom stereocenters. The van der Waals surface area contributed by atoms with Gasteiger partial charge in [-0.1, -0.05) is 12.1 Å². The van der Waals surface area contributed by atoms with Crippen LogP contribution in [0.2, 0.25) is 0 Å². The molecule has 66 valence electrons. The zero-order valence-electron chi connectivity index (χ0n) is 6.23. The van der Waals surface area contributed by atoms with Crippen LogP contribution < -0.4 is 5.73 Å². The summed E-state index contributed by atoms with van der Waals surface area (Å²) in [5.41, 5.74) is 6.08. The van der Waals surface area contributed by atoms with Gasteiger partial charge in [-0.2, -0.15) is 0 Å². The van der Waals surface area contributed by atoms with Gasteiger partial charge in [-0.05, 0) is 17.7 Å². The first kappa shape index (κ1) is 9.18. The van der Waals surface area contributed by atoms with E-state index in [4.69, 9.17) is 5.73 Å². The van der Waals surface area contributed by atoms with E-state index in [0.717, 1.165) is 5.56 Å². The molecule has 1 aromatic rings. The van der Waals surface area contributed by atoms with E-state index in [1.165, 1.54) is 24.3 Å². The van der Waals surface area contributed by atoms with Crippen molar-refractivity contribution in [2.75, 3.05) is 0 Å². The highest BCUT2D eigenvalue weighted by atomic mass is 32.2. The van der Waals surface area contributed by atoms with Crippen molar-refractivity contribution < 1.29 is 13.0 Å². The molecule has 0 saturated heterocycles. The number of hydrogen-bond acceptors (Lipinski definition) is 4. The second-order valence-corrected chi connectivity index (χ2v) is 3.68. The van der Waals surface area contributed by atoms with Gasteiger partial charge in [0.1, 0.15) is 10.1 Å². The molecule has 0 spiro atoms. The molecule has 2 N–H and O–H groups in total. The fraction of sp³-hybridized carbons (Fsp3) is 0.143. The van der Waals surface area contributed by atoms with Crippen molar-refractivity contribution in [1.29, 1.82) is 0 Å². The Morgan fingerprint density at radius 2 is 1.75 bits per heavy atom. The van der Waals surface area contributed by atoms with E-state index < -0.39 is 10.1 Å². The SMILES string of the molecule is NCc1ccc(S(=O)(=O)[O-])cc1.